The van der Waals surface area contributed by atoms with Gasteiger partial charge in [0, 0.05) is 45.1 Å². The zero-order valence-electron chi connectivity index (χ0n) is 17.5. The second-order valence-electron chi connectivity index (χ2n) is 6.39. The molecule has 0 bridgehead atoms. The van der Waals surface area contributed by atoms with E-state index < -0.39 is 41.4 Å². The van der Waals surface area contributed by atoms with E-state index in [0.29, 0.717) is 0 Å². The van der Waals surface area contributed by atoms with Crippen LogP contribution >= 0.6 is 0 Å². The predicted molar refractivity (Wildman–Crippen MR) is 101 cm³/mol. The van der Waals surface area contributed by atoms with Crippen LogP contribution in [0.25, 0.3) is 0 Å². The summed E-state index contributed by atoms with van der Waals surface area (Å²) >= 11 is 0. The molecule has 0 aliphatic carbocycles. The molecule has 0 aliphatic rings. The number of anilines is 2. The standard InChI is InChI=1S/C17H20N2O7S2.2Na/c1-18(2)12-7-5-11(6-8-12)17(20)16-14(27(21,22)23)9-13(19(3)4)10-15(16)28(24,25)26;;/h5-10H,1-4H3,(H,21,22,23)(H,24,25,26);;/q;2*+1/p-2. The van der Waals surface area contributed by atoms with Gasteiger partial charge in [-0.2, -0.15) is 0 Å². The maximum atomic E-state index is 12.9. The van der Waals surface area contributed by atoms with Crippen LogP contribution in [0.1, 0.15) is 15.9 Å². The molecule has 2 aromatic rings. The third kappa shape index (κ3) is 6.76. The molecule has 0 heterocycles. The van der Waals surface area contributed by atoms with Crippen molar-refractivity contribution in [3.63, 3.8) is 0 Å². The van der Waals surface area contributed by atoms with Gasteiger partial charge in [0.05, 0.1) is 15.4 Å². The van der Waals surface area contributed by atoms with Crippen LogP contribution in [-0.4, -0.2) is 59.9 Å². The van der Waals surface area contributed by atoms with Crippen molar-refractivity contribution in [2.45, 2.75) is 9.79 Å². The number of hydrogen-bond acceptors (Lipinski definition) is 9. The molecule has 0 atom stereocenters. The Hall–Kier alpha value is -0.470. The van der Waals surface area contributed by atoms with Crippen LogP contribution in [0.5, 0.6) is 0 Å². The van der Waals surface area contributed by atoms with Crippen molar-refractivity contribution >= 4 is 37.4 Å². The second-order valence-corrected chi connectivity index (χ2v) is 9.09. The molecule has 0 spiro atoms. The Morgan fingerprint density at radius 1 is 0.733 bits per heavy atom. The van der Waals surface area contributed by atoms with Crippen LogP contribution in [-0.2, 0) is 20.2 Å². The number of carbonyl (C=O) groups is 1. The molecule has 13 heteroatoms. The van der Waals surface area contributed by atoms with Gasteiger partial charge in [0.1, 0.15) is 20.2 Å². The minimum atomic E-state index is -5.26. The Morgan fingerprint density at radius 2 is 1.10 bits per heavy atom. The largest absolute Gasteiger partial charge is 1.00 e. The van der Waals surface area contributed by atoms with E-state index in [1.165, 1.54) is 31.1 Å². The van der Waals surface area contributed by atoms with Gasteiger partial charge in [-0.05, 0) is 36.4 Å². The topological polar surface area (TPSA) is 138 Å². The number of hydrogen-bond donors (Lipinski definition) is 0. The van der Waals surface area contributed by atoms with E-state index in [0.717, 1.165) is 17.8 Å². The van der Waals surface area contributed by atoms with Crippen molar-refractivity contribution in [2.75, 3.05) is 38.0 Å². The van der Waals surface area contributed by atoms with Gasteiger partial charge in [0.2, 0.25) is 0 Å². The summed E-state index contributed by atoms with van der Waals surface area (Å²) in [6, 6.07) is 7.55. The Labute approximate surface area is 220 Å². The van der Waals surface area contributed by atoms with E-state index in [-0.39, 0.29) is 70.4 Å². The van der Waals surface area contributed by atoms with Crippen molar-refractivity contribution in [3.8, 4) is 0 Å². The third-order valence-corrected chi connectivity index (χ3v) is 5.70. The first-order valence-corrected chi connectivity index (χ1v) is 10.6. The van der Waals surface area contributed by atoms with E-state index in [4.69, 9.17) is 0 Å². The molecule has 9 nitrogen and oxygen atoms in total. The van der Waals surface area contributed by atoms with Crippen molar-refractivity contribution in [1.82, 2.24) is 0 Å². The molecule has 30 heavy (non-hydrogen) atoms. The summed E-state index contributed by atoms with van der Waals surface area (Å²) in [7, 11) is -4.07. The molecule has 0 aromatic heterocycles. The molecule has 0 N–H and O–H groups in total. The van der Waals surface area contributed by atoms with E-state index >= 15 is 0 Å². The summed E-state index contributed by atoms with van der Waals surface area (Å²) in [5.41, 5.74) is -0.317. The van der Waals surface area contributed by atoms with Crippen LogP contribution in [0, 0.1) is 0 Å². The average Bonchev–Trinajstić information content (AvgIpc) is 2.58. The van der Waals surface area contributed by atoms with Gasteiger partial charge in [0.25, 0.3) is 0 Å². The average molecular weight is 472 g/mol. The number of nitrogens with zero attached hydrogens (tertiary/aromatic N) is 2. The Bertz CT molecular complexity index is 1080. The van der Waals surface area contributed by atoms with E-state index in [2.05, 4.69) is 0 Å². The quantitative estimate of drug-likeness (QED) is 0.230. The van der Waals surface area contributed by atoms with Gasteiger partial charge < -0.3 is 18.9 Å². The zero-order chi connectivity index (χ0) is 21.4. The van der Waals surface area contributed by atoms with E-state index in [9.17, 15) is 30.7 Å². The van der Waals surface area contributed by atoms with Crippen LogP contribution in [0.4, 0.5) is 11.4 Å². The molecular formula is C17H18N2Na2O7S2. The molecular weight excluding hydrogens is 454 g/mol. The van der Waals surface area contributed by atoms with Gasteiger partial charge >= 0.3 is 59.1 Å². The first-order valence-electron chi connectivity index (χ1n) is 7.82. The number of benzene rings is 2. The fourth-order valence-corrected chi connectivity index (χ4v) is 4.01. The van der Waals surface area contributed by atoms with Gasteiger partial charge in [0.15, 0.2) is 5.78 Å². The zero-order valence-corrected chi connectivity index (χ0v) is 23.2. The molecule has 0 saturated carbocycles. The van der Waals surface area contributed by atoms with Crippen LogP contribution in [0.3, 0.4) is 0 Å². The van der Waals surface area contributed by atoms with E-state index in [1.807, 2.05) is 0 Å². The normalized spacial score (nSPS) is 11.1. The van der Waals surface area contributed by atoms with E-state index in [1.54, 1.807) is 31.1 Å². The summed E-state index contributed by atoms with van der Waals surface area (Å²) in [4.78, 5) is 13.8. The minimum Gasteiger partial charge on any atom is -0.744 e. The Kier molecular flexibility index (Phi) is 10.7. The summed E-state index contributed by atoms with van der Waals surface area (Å²) in [5.74, 6) is -1.06. The molecule has 0 unspecified atom stereocenters. The summed E-state index contributed by atoms with van der Waals surface area (Å²) < 4.78 is 70.5. The Balaban J connectivity index is 0.00000420. The van der Waals surface area contributed by atoms with Gasteiger partial charge in [-0.15, -0.1) is 0 Å². The molecule has 0 amide bonds. The molecule has 2 rings (SSSR count). The Morgan fingerprint density at radius 3 is 1.40 bits per heavy atom. The van der Waals surface area contributed by atoms with Crippen LogP contribution in [0.2, 0.25) is 0 Å². The van der Waals surface area contributed by atoms with Gasteiger partial charge in [-0.3, -0.25) is 4.79 Å². The number of ketones is 1. The maximum Gasteiger partial charge on any atom is 1.00 e. The second kappa shape index (κ2) is 10.9. The first-order chi connectivity index (χ1) is 12.7. The molecule has 0 fully saturated rings. The smallest absolute Gasteiger partial charge is 0.744 e. The van der Waals surface area contributed by atoms with Crippen molar-refractivity contribution in [2.24, 2.45) is 0 Å². The molecule has 152 valence electrons. The van der Waals surface area contributed by atoms with Gasteiger partial charge in [-0.1, -0.05) is 0 Å². The fraction of sp³-hybridized carbons (Fsp3) is 0.235. The van der Waals surface area contributed by atoms with Gasteiger partial charge in [-0.25, -0.2) is 16.8 Å². The van der Waals surface area contributed by atoms with Crippen LogP contribution in [0.15, 0.2) is 46.2 Å². The minimum absolute atomic E-state index is 0. The molecule has 2 aromatic carbocycles. The summed E-state index contributed by atoms with van der Waals surface area (Å²) in [5, 5.41) is 0. The molecule has 0 radical (unpaired) electrons. The summed E-state index contributed by atoms with van der Waals surface area (Å²) in [6.07, 6.45) is 0. The maximum absolute atomic E-state index is 12.9. The first kappa shape index (κ1) is 29.5. The SMILES string of the molecule is CN(C)c1ccc(C(=O)c2c(S(=O)(=O)[O-])cc(N(C)C)cc2S(=O)(=O)[O-])cc1.[Na+].[Na+]. The monoisotopic (exact) mass is 472 g/mol. The fourth-order valence-electron chi connectivity index (χ4n) is 2.51. The summed E-state index contributed by atoms with van der Waals surface area (Å²) in [6.45, 7) is 0. The predicted octanol–water partition coefficient (Wildman–Crippen LogP) is -5.13. The molecule has 0 saturated heterocycles. The number of carbonyl (C=O) groups excluding carboxylic acids is 1. The molecule has 0 aliphatic heterocycles. The van der Waals surface area contributed by atoms with Crippen molar-refractivity contribution in [3.05, 3.63) is 47.5 Å². The van der Waals surface area contributed by atoms with Crippen LogP contribution < -0.4 is 68.9 Å². The number of rotatable bonds is 6. The third-order valence-electron chi connectivity index (χ3n) is 3.98. The van der Waals surface area contributed by atoms with Crippen molar-refractivity contribution < 1.29 is 89.9 Å². The van der Waals surface area contributed by atoms with Crippen molar-refractivity contribution in [1.29, 1.82) is 0 Å².